The van der Waals surface area contributed by atoms with Crippen LogP contribution in [0.15, 0.2) is 47.1 Å². The summed E-state index contributed by atoms with van der Waals surface area (Å²) in [4.78, 5) is 24.9. The number of benzene rings is 1. The fourth-order valence-electron chi connectivity index (χ4n) is 2.11. The van der Waals surface area contributed by atoms with Crippen LogP contribution in [0, 0.1) is 0 Å². The zero-order valence-electron chi connectivity index (χ0n) is 14.0. The van der Waals surface area contributed by atoms with Gasteiger partial charge in [0.25, 0.3) is 0 Å². The van der Waals surface area contributed by atoms with E-state index in [4.69, 9.17) is 4.42 Å². The van der Waals surface area contributed by atoms with Gasteiger partial charge in [-0.2, -0.15) is 0 Å². The number of nitrogens with zero attached hydrogens (tertiary/aromatic N) is 1. The largest absolute Gasteiger partial charge is 0.467 e. The normalized spacial score (nSPS) is 10.2. The predicted octanol–water partition coefficient (Wildman–Crippen LogP) is 2.03. The summed E-state index contributed by atoms with van der Waals surface area (Å²) in [7, 11) is 3.51. The molecule has 0 saturated heterocycles. The molecule has 0 saturated carbocycles. The molecule has 2 amide bonds. The summed E-state index contributed by atoms with van der Waals surface area (Å²) in [6, 6.07) is 11.4. The van der Waals surface area contributed by atoms with Gasteiger partial charge in [-0.3, -0.25) is 9.59 Å². The van der Waals surface area contributed by atoms with Gasteiger partial charge in [0, 0.05) is 26.2 Å². The third-order valence-corrected chi connectivity index (χ3v) is 3.57. The first-order chi connectivity index (χ1) is 11.5. The van der Waals surface area contributed by atoms with Gasteiger partial charge >= 0.3 is 0 Å². The van der Waals surface area contributed by atoms with Crippen LogP contribution in [-0.4, -0.2) is 37.4 Å². The van der Waals surface area contributed by atoms with Crippen LogP contribution >= 0.6 is 0 Å². The van der Waals surface area contributed by atoms with E-state index in [0.29, 0.717) is 19.4 Å². The highest BCUT2D eigenvalue weighted by Crippen LogP contribution is 2.11. The van der Waals surface area contributed by atoms with Crippen LogP contribution in [0.3, 0.4) is 0 Å². The van der Waals surface area contributed by atoms with Crippen LogP contribution in [-0.2, 0) is 22.6 Å². The predicted molar refractivity (Wildman–Crippen MR) is 92.5 cm³/mol. The van der Waals surface area contributed by atoms with Gasteiger partial charge in [-0.1, -0.05) is 12.1 Å². The van der Waals surface area contributed by atoms with Gasteiger partial charge in [0.2, 0.25) is 11.8 Å². The maximum absolute atomic E-state index is 11.8. The topological polar surface area (TPSA) is 74.6 Å². The van der Waals surface area contributed by atoms with Crippen molar-refractivity contribution in [3.8, 4) is 0 Å². The number of amides is 2. The minimum absolute atomic E-state index is 0.105. The van der Waals surface area contributed by atoms with E-state index in [1.165, 1.54) is 0 Å². The van der Waals surface area contributed by atoms with Crippen LogP contribution in [0.5, 0.6) is 0 Å². The summed E-state index contributed by atoms with van der Waals surface area (Å²) < 4.78 is 5.15. The molecule has 0 aliphatic rings. The maximum Gasteiger partial charge on any atom is 0.239 e. The van der Waals surface area contributed by atoms with Gasteiger partial charge < -0.3 is 20.0 Å². The van der Waals surface area contributed by atoms with E-state index in [9.17, 15) is 9.59 Å². The summed E-state index contributed by atoms with van der Waals surface area (Å²) >= 11 is 0. The Morgan fingerprint density at radius 1 is 1.12 bits per heavy atom. The molecule has 0 unspecified atom stereocenters. The average molecular weight is 329 g/mol. The molecule has 2 N–H and O–H groups in total. The molecule has 0 aliphatic carbocycles. The van der Waals surface area contributed by atoms with E-state index in [0.717, 1.165) is 17.0 Å². The van der Waals surface area contributed by atoms with Crippen LogP contribution in [0.4, 0.5) is 5.69 Å². The van der Waals surface area contributed by atoms with Crippen molar-refractivity contribution in [3.05, 3.63) is 54.0 Å². The maximum atomic E-state index is 11.8. The standard InChI is InChI=1S/C18H23N3O3/c1-21(2)18(23)10-7-14-5-8-15(9-6-14)19-13-17(22)20-12-16-4-3-11-24-16/h3-6,8-9,11,19H,7,10,12-13H2,1-2H3,(H,20,22). The second-order valence-electron chi connectivity index (χ2n) is 5.69. The Labute approximate surface area is 141 Å². The molecular formula is C18H23N3O3. The lowest BCUT2D eigenvalue weighted by Crippen LogP contribution is -2.29. The van der Waals surface area contributed by atoms with E-state index in [1.807, 2.05) is 30.3 Å². The van der Waals surface area contributed by atoms with Crippen molar-refractivity contribution >= 4 is 17.5 Å². The Kier molecular flexibility index (Phi) is 6.42. The highest BCUT2D eigenvalue weighted by molar-refractivity contribution is 5.80. The van der Waals surface area contributed by atoms with Crippen molar-refractivity contribution < 1.29 is 14.0 Å². The molecule has 0 fully saturated rings. The molecular weight excluding hydrogens is 306 g/mol. The monoisotopic (exact) mass is 329 g/mol. The molecule has 0 atom stereocenters. The smallest absolute Gasteiger partial charge is 0.239 e. The molecule has 1 aromatic carbocycles. The quantitative estimate of drug-likeness (QED) is 0.777. The van der Waals surface area contributed by atoms with Crippen LogP contribution in [0.25, 0.3) is 0 Å². The van der Waals surface area contributed by atoms with Crippen LogP contribution in [0.2, 0.25) is 0 Å². The van der Waals surface area contributed by atoms with Crippen molar-refractivity contribution in [3.63, 3.8) is 0 Å². The zero-order chi connectivity index (χ0) is 17.4. The lowest BCUT2D eigenvalue weighted by molar-refractivity contribution is -0.128. The Bertz CT molecular complexity index is 649. The van der Waals surface area contributed by atoms with Crippen LogP contribution < -0.4 is 10.6 Å². The number of furan rings is 1. The van der Waals surface area contributed by atoms with E-state index in [-0.39, 0.29) is 18.4 Å². The first-order valence-electron chi connectivity index (χ1n) is 7.86. The number of hydrogen-bond donors (Lipinski definition) is 2. The van der Waals surface area contributed by atoms with Crippen molar-refractivity contribution in [1.29, 1.82) is 0 Å². The van der Waals surface area contributed by atoms with Crippen molar-refractivity contribution in [1.82, 2.24) is 10.2 Å². The van der Waals surface area contributed by atoms with Gasteiger partial charge in [0.05, 0.1) is 19.4 Å². The van der Waals surface area contributed by atoms with Crippen molar-refractivity contribution in [2.24, 2.45) is 0 Å². The van der Waals surface area contributed by atoms with Crippen molar-refractivity contribution in [2.75, 3.05) is 26.0 Å². The number of carbonyl (C=O) groups excluding carboxylic acids is 2. The van der Waals surface area contributed by atoms with E-state index < -0.39 is 0 Å². The molecule has 2 aromatic rings. The molecule has 6 heteroatoms. The molecule has 1 aromatic heterocycles. The number of anilines is 1. The second-order valence-corrected chi connectivity index (χ2v) is 5.69. The number of nitrogens with one attached hydrogen (secondary N) is 2. The van der Waals surface area contributed by atoms with Crippen molar-refractivity contribution in [2.45, 2.75) is 19.4 Å². The summed E-state index contributed by atoms with van der Waals surface area (Å²) in [5, 5.41) is 5.84. The van der Waals surface area contributed by atoms with Gasteiger partial charge in [0.1, 0.15) is 5.76 Å². The number of rotatable bonds is 8. The SMILES string of the molecule is CN(C)C(=O)CCc1ccc(NCC(=O)NCc2ccco2)cc1. The van der Waals surface area contributed by atoms with Gasteiger partial charge in [-0.15, -0.1) is 0 Å². The van der Waals surface area contributed by atoms with E-state index in [1.54, 1.807) is 31.3 Å². The Morgan fingerprint density at radius 2 is 1.88 bits per heavy atom. The summed E-state index contributed by atoms with van der Waals surface area (Å²) in [5.74, 6) is 0.734. The molecule has 0 aliphatic heterocycles. The Morgan fingerprint density at radius 3 is 2.50 bits per heavy atom. The summed E-state index contributed by atoms with van der Waals surface area (Å²) in [6.07, 6.45) is 2.78. The minimum atomic E-state index is -0.105. The lowest BCUT2D eigenvalue weighted by Gasteiger charge is -2.10. The molecule has 0 spiro atoms. The Balaban J connectivity index is 1.71. The van der Waals surface area contributed by atoms with Gasteiger partial charge in [0.15, 0.2) is 0 Å². The third-order valence-electron chi connectivity index (χ3n) is 3.57. The fourth-order valence-corrected chi connectivity index (χ4v) is 2.11. The first-order valence-corrected chi connectivity index (χ1v) is 7.86. The number of aryl methyl sites for hydroxylation is 1. The van der Waals surface area contributed by atoms with E-state index >= 15 is 0 Å². The molecule has 2 rings (SSSR count). The van der Waals surface area contributed by atoms with Gasteiger partial charge in [-0.25, -0.2) is 0 Å². The lowest BCUT2D eigenvalue weighted by atomic mass is 10.1. The molecule has 128 valence electrons. The molecule has 6 nitrogen and oxygen atoms in total. The summed E-state index contributed by atoms with van der Waals surface area (Å²) in [5.41, 5.74) is 1.96. The first kappa shape index (κ1) is 17.6. The number of carbonyl (C=O) groups is 2. The summed E-state index contributed by atoms with van der Waals surface area (Å²) in [6.45, 7) is 0.575. The average Bonchev–Trinajstić information content (AvgIpc) is 3.10. The minimum Gasteiger partial charge on any atom is -0.467 e. The fraction of sp³-hybridized carbons (Fsp3) is 0.333. The molecule has 24 heavy (non-hydrogen) atoms. The highest BCUT2D eigenvalue weighted by atomic mass is 16.3. The number of hydrogen-bond acceptors (Lipinski definition) is 4. The van der Waals surface area contributed by atoms with E-state index in [2.05, 4.69) is 10.6 Å². The third kappa shape index (κ3) is 5.79. The molecule has 0 radical (unpaired) electrons. The Hall–Kier alpha value is -2.76. The van der Waals surface area contributed by atoms with Crippen LogP contribution in [0.1, 0.15) is 17.7 Å². The van der Waals surface area contributed by atoms with Gasteiger partial charge in [-0.05, 0) is 36.2 Å². The molecule has 1 heterocycles. The second kappa shape index (κ2) is 8.76. The highest BCUT2D eigenvalue weighted by Gasteiger charge is 2.05. The zero-order valence-corrected chi connectivity index (χ0v) is 14.0. The molecule has 0 bridgehead atoms.